The van der Waals surface area contributed by atoms with Crippen molar-refractivity contribution >= 4 is 18.1 Å². The van der Waals surface area contributed by atoms with Gasteiger partial charge in [-0.1, -0.05) is 12.8 Å². The molecule has 1 aliphatic carbocycles. The SMILES string of the molecule is O=C1NC2CCCCC2N1N=Cc1ccc([N+](=O)[O-])o1. The topological polar surface area (TPSA) is 101 Å². The Bertz CT molecular complexity index is 568. The van der Waals surface area contributed by atoms with E-state index in [9.17, 15) is 14.9 Å². The highest BCUT2D eigenvalue weighted by Gasteiger charge is 2.40. The van der Waals surface area contributed by atoms with Crippen molar-refractivity contribution in [2.45, 2.75) is 37.8 Å². The molecule has 1 N–H and O–H groups in total. The lowest BCUT2D eigenvalue weighted by Gasteiger charge is -2.26. The summed E-state index contributed by atoms with van der Waals surface area (Å²) in [5.41, 5.74) is 0. The molecule has 2 aliphatic rings. The second-order valence-corrected chi connectivity index (χ2v) is 4.93. The fourth-order valence-electron chi connectivity index (χ4n) is 2.71. The summed E-state index contributed by atoms with van der Waals surface area (Å²) in [6, 6.07) is 2.71. The van der Waals surface area contributed by atoms with Gasteiger partial charge >= 0.3 is 11.9 Å². The van der Waals surface area contributed by atoms with Crippen molar-refractivity contribution in [1.29, 1.82) is 0 Å². The first-order valence-corrected chi connectivity index (χ1v) is 6.53. The Hall–Kier alpha value is -2.38. The first-order valence-electron chi connectivity index (χ1n) is 6.53. The van der Waals surface area contributed by atoms with Crippen molar-refractivity contribution in [3.63, 3.8) is 0 Å². The summed E-state index contributed by atoms with van der Waals surface area (Å²) in [4.78, 5) is 21.7. The summed E-state index contributed by atoms with van der Waals surface area (Å²) >= 11 is 0. The maximum absolute atomic E-state index is 11.8. The van der Waals surface area contributed by atoms with Crippen LogP contribution in [0.25, 0.3) is 0 Å². The van der Waals surface area contributed by atoms with Gasteiger partial charge in [-0.25, -0.2) is 9.80 Å². The first-order chi connectivity index (χ1) is 9.65. The lowest BCUT2D eigenvalue weighted by atomic mass is 9.92. The van der Waals surface area contributed by atoms with Crippen LogP contribution in [0.4, 0.5) is 10.7 Å². The summed E-state index contributed by atoms with van der Waals surface area (Å²) in [7, 11) is 0. The Morgan fingerprint density at radius 3 is 3.00 bits per heavy atom. The van der Waals surface area contributed by atoms with E-state index in [-0.39, 0.29) is 29.8 Å². The van der Waals surface area contributed by atoms with Crippen LogP contribution in [0.3, 0.4) is 0 Å². The van der Waals surface area contributed by atoms with Crippen LogP contribution in [0.15, 0.2) is 21.7 Å². The van der Waals surface area contributed by atoms with Gasteiger partial charge in [0, 0.05) is 0 Å². The van der Waals surface area contributed by atoms with Crippen LogP contribution in [-0.4, -0.2) is 34.3 Å². The van der Waals surface area contributed by atoms with Crippen LogP contribution >= 0.6 is 0 Å². The summed E-state index contributed by atoms with van der Waals surface area (Å²) in [5, 5.41) is 18.9. The third kappa shape index (κ3) is 2.24. The number of urea groups is 1. The van der Waals surface area contributed by atoms with Crippen LogP contribution < -0.4 is 5.32 Å². The molecule has 2 unspecified atom stereocenters. The zero-order chi connectivity index (χ0) is 14.1. The molecule has 1 aliphatic heterocycles. The van der Waals surface area contributed by atoms with Gasteiger partial charge in [0.05, 0.1) is 24.4 Å². The monoisotopic (exact) mass is 278 g/mol. The van der Waals surface area contributed by atoms with Gasteiger partial charge in [0.15, 0.2) is 5.76 Å². The van der Waals surface area contributed by atoms with Crippen LogP contribution in [0.1, 0.15) is 31.4 Å². The summed E-state index contributed by atoms with van der Waals surface area (Å²) in [6.07, 6.45) is 5.41. The Morgan fingerprint density at radius 1 is 1.45 bits per heavy atom. The average Bonchev–Trinajstić information content (AvgIpc) is 3.00. The second kappa shape index (κ2) is 4.95. The maximum atomic E-state index is 11.8. The van der Waals surface area contributed by atoms with E-state index in [1.54, 1.807) is 0 Å². The summed E-state index contributed by atoms with van der Waals surface area (Å²) in [6.45, 7) is 0. The molecule has 1 aromatic rings. The van der Waals surface area contributed by atoms with Gasteiger partial charge in [-0.2, -0.15) is 5.10 Å². The normalized spacial score (nSPS) is 25.8. The highest BCUT2D eigenvalue weighted by molar-refractivity contribution is 5.81. The number of nitro groups is 1. The van der Waals surface area contributed by atoms with Gasteiger partial charge in [0.2, 0.25) is 0 Å². The fraction of sp³-hybridized carbons (Fsp3) is 0.500. The number of furan rings is 1. The number of nitrogens with zero attached hydrogens (tertiary/aromatic N) is 3. The Morgan fingerprint density at radius 2 is 2.25 bits per heavy atom. The van der Waals surface area contributed by atoms with E-state index in [1.165, 1.54) is 23.4 Å². The Balaban J connectivity index is 1.73. The molecule has 0 radical (unpaired) electrons. The van der Waals surface area contributed by atoms with Crippen LogP contribution in [0, 0.1) is 10.1 Å². The molecule has 1 saturated heterocycles. The highest BCUT2D eigenvalue weighted by Crippen LogP contribution is 2.28. The lowest BCUT2D eigenvalue weighted by molar-refractivity contribution is -0.402. The molecule has 2 fully saturated rings. The molecule has 0 bridgehead atoms. The van der Waals surface area contributed by atoms with Gasteiger partial charge < -0.3 is 9.73 Å². The van der Waals surface area contributed by atoms with Crippen molar-refractivity contribution in [2.24, 2.45) is 5.10 Å². The lowest BCUT2D eigenvalue weighted by Crippen LogP contribution is -2.36. The molecule has 1 saturated carbocycles. The second-order valence-electron chi connectivity index (χ2n) is 4.93. The van der Waals surface area contributed by atoms with Gasteiger partial charge in [0.25, 0.3) is 0 Å². The number of nitrogens with one attached hydrogen (secondary N) is 1. The van der Waals surface area contributed by atoms with E-state index < -0.39 is 4.92 Å². The standard InChI is InChI=1S/C12H14N4O4/c17-12-14-9-3-1-2-4-10(9)15(12)13-7-8-5-6-11(20-8)16(18)19/h5-7,9-10H,1-4H2,(H,14,17). The van der Waals surface area contributed by atoms with E-state index in [4.69, 9.17) is 4.42 Å². The van der Waals surface area contributed by atoms with Gasteiger partial charge in [-0.05, 0) is 18.9 Å². The minimum absolute atomic E-state index is 0.0671. The van der Waals surface area contributed by atoms with Crippen molar-refractivity contribution in [1.82, 2.24) is 10.3 Å². The molecule has 0 aromatic carbocycles. The number of hydrazone groups is 1. The molecule has 8 heteroatoms. The van der Waals surface area contributed by atoms with E-state index >= 15 is 0 Å². The molecule has 2 atom stereocenters. The summed E-state index contributed by atoms with van der Waals surface area (Å²) < 4.78 is 4.97. The van der Waals surface area contributed by atoms with Crippen molar-refractivity contribution in [2.75, 3.05) is 0 Å². The third-order valence-electron chi connectivity index (χ3n) is 3.66. The first kappa shape index (κ1) is 12.6. The number of fused-ring (bicyclic) bond motifs is 1. The predicted molar refractivity (Wildman–Crippen MR) is 69.4 cm³/mol. The molecule has 1 aromatic heterocycles. The molecule has 106 valence electrons. The number of rotatable bonds is 3. The van der Waals surface area contributed by atoms with Crippen molar-refractivity contribution < 1.29 is 14.1 Å². The third-order valence-corrected chi connectivity index (χ3v) is 3.66. The Labute approximate surface area is 114 Å². The van der Waals surface area contributed by atoms with Gasteiger partial charge in [0.1, 0.15) is 4.92 Å². The number of carbonyl (C=O) groups is 1. The van der Waals surface area contributed by atoms with Crippen LogP contribution in [0.5, 0.6) is 0 Å². The molecule has 8 nitrogen and oxygen atoms in total. The fourth-order valence-corrected chi connectivity index (χ4v) is 2.71. The minimum atomic E-state index is -0.614. The van der Waals surface area contributed by atoms with E-state index in [2.05, 4.69) is 10.4 Å². The molecule has 0 spiro atoms. The van der Waals surface area contributed by atoms with Crippen LogP contribution in [-0.2, 0) is 0 Å². The van der Waals surface area contributed by atoms with E-state index in [0.29, 0.717) is 0 Å². The predicted octanol–water partition coefficient (Wildman–Crippen LogP) is 1.86. The maximum Gasteiger partial charge on any atom is 0.433 e. The Kier molecular flexibility index (Phi) is 3.13. The van der Waals surface area contributed by atoms with Crippen molar-refractivity contribution in [3.05, 3.63) is 28.0 Å². The van der Waals surface area contributed by atoms with Gasteiger partial charge in [-0.15, -0.1) is 0 Å². The van der Waals surface area contributed by atoms with Crippen molar-refractivity contribution in [3.8, 4) is 0 Å². The molecule has 3 rings (SSSR count). The highest BCUT2D eigenvalue weighted by atomic mass is 16.6. The number of hydrogen-bond acceptors (Lipinski definition) is 5. The molecule has 2 amide bonds. The van der Waals surface area contributed by atoms with Gasteiger partial charge in [-0.3, -0.25) is 10.1 Å². The zero-order valence-electron chi connectivity index (χ0n) is 10.7. The number of hydrogen-bond donors (Lipinski definition) is 1. The zero-order valence-corrected chi connectivity index (χ0v) is 10.7. The smallest absolute Gasteiger partial charge is 0.400 e. The quantitative estimate of drug-likeness (QED) is 0.518. The molecule has 2 heterocycles. The molecule has 20 heavy (non-hydrogen) atoms. The molecular weight excluding hydrogens is 264 g/mol. The van der Waals surface area contributed by atoms with E-state index in [1.807, 2.05) is 0 Å². The van der Waals surface area contributed by atoms with E-state index in [0.717, 1.165) is 25.7 Å². The summed E-state index contributed by atoms with van der Waals surface area (Å²) in [5.74, 6) is -0.0865. The molecular formula is C12H14N4O4. The number of carbonyl (C=O) groups excluding carboxylic acids is 1. The number of amides is 2. The largest absolute Gasteiger partial charge is 0.433 e. The minimum Gasteiger partial charge on any atom is -0.400 e. The average molecular weight is 278 g/mol. The van der Waals surface area contributed by atoms with Crippen LogP contribution in [0.2, 0.25) is 0 Å².